The number of hydrogen-bond donors (Lipinski definition) is 1. The first-order valence-corrected chi connectivity index (χ1v) is 9.64. The van der Waals surface area contributed by atoms with Crippen LogP contribution in [0.2, 0.25) is 0 Å². The molecule has 3 rings (SSSR count). The minimum Gasteiger partial charge on any atom is -0.488 e. The largest absolute Gasteiger partial charge is 0.488 e. The van der Waals surface area contributed by atoms with E-state index in [0.717, 1.165) is 23.1 Å². The van der Waals surface area contributed by atoms with Crippen molar-refractivity contribution in [3.63, 3.8) is 0 Å². The molecular formula is C24H23FN2O2. The number of aliphatic hydroxyl groups excluding tert-OH is 1. The van der Waals surface area contributed by atoms with Crippen molar-refractivity contribution in [1.82, 2.24) is 4.98 Å². The molecule has 3 aromatic rings. The Bertz CT molecular complexity index is 968. The Kier molecular flexibility index (Phi) is 6.94. The van der Waals surface area contributed by atoms with E-state index in [2.05, 4.69) is 4.98 Å². The second-order valence-corrected chi connectivity index (χ2v) is 6.86. The maximum Gasteiger partial charge on any atom is 0.140 e. The van der Waals surface area contributed by atoms with Crippen LogP contribution in [0.4, 0.5) is 4.39 Å². The minimum absolute atomic E-state index is 0.0191. The molecule has 0 aliphatic heterocycles. The zero-order chi connectivity index (χ0) is 20.6. The fourth-order valence-electron chi connectivity index (χ4n) is 3.17. The molecule has 0 spiro atoms. The van der Waals surface area contributed by atoms with Crippen LogP contribution in [0.5, 0.6) is 5.75 Å². The molecule has 4 nitrogen and oxygen atoms in total. The lowest BCUT2D eigenvalue weighted by atomic mass is 10.0. The Hall–Kier alpha value is -3.23. The van der Waals surface area contributed by atoms with Crippen LogP contribution in [0.3, 0.4) is 0 Å². The van der Waals surface area contributed by atoms with Gasteiger partial charge in [-0.2, -0.15) is 5.26 Å². The maximum atomic E-state index is 13.5. The molecule has 0 radical (unpaired) electrons. The first-order chi connectivity index (χ1) is 14.1. The van der Waals surface area contributed by atoms with Gasteiger partial charge in [0, 0.05) is 12.4 Å². The van der Waals surface area contributed by atoms with Gasteiger partial charge in [-0.05, 0) is 66.3 Å². The molecule has 0 bridgehead atoms. The van der Waals surface area contributed by atoms with Crippen LogP contribution in [0, 0.1) is 17.1 Å². The van der Waals surface area contributed by atoms with Gasteiger partial charge in [0.25, 0.3) is 0 Å². The molecule has 148 valence electrons. The van der Waals surface area contributed by atoms with Gasteiger partial charge in [-0.3, -0.25) is 4.98 Å². The molecule has 0 aliphatic rings. The van der Waals surface area contributed by atoms with Crippen LogP contribution < -0.4 is 4.74 Å². The van der Waals surface area contributed by atoms with Gasteiger partial charge in [0.1, 0.15) is 23.7 Å². The monoisotopic (exact) mass is 390 g/mol. The number of aromatic nitrogens is 1. The Balaban J connectivity index is 1.63. The van der Waals surface area contributed by atoms with Gasteiger partial charge >= 0.3 is 0 Å². The van der Waals surface area contributed by atoms with Crippen LogP contribution in [0.15, 0.2) is 67.0 Å². The van der Waals surface area contributed by atoms with Crippen LogP contribution >= 0.6 is 0 Å². The minimum atomic E-state index is -0.588. The lowest BCUT2D eigenvalue weighted by Gasteiger charge is -2.23. The molecule has 0 fully saturated rings. The standard InChI is InChI=1S/C24H23FN2O2/c1-2-24(23(28)12-5-17-4-3-13-27-16-17)29-21-9-6-18(7-10-21)19-8-11-22(25)20(14-19)15-26/h3-4,6-11,13-14,16,23-24,28H,2,5,12H2,1H3. The Morgan fingerprint density at radius 1 is 1.14 bits per heavy atom. The molecule has 0 saturated heterocycles. The summed E-state index contributed by atoms with van der Waals surface area (Å²) in [5, 5.41) is 19.5. The molecule has 0 saturated carbocycles. The summed E-state index contributed by atoms with van der Waals surface area (Å²) in [7, 11) is 0. The van der Waals surface area contributed by atoms with Crippen molar-refractivity contribution in [1.29, 1.82) is 5.26 Å². The highest BCUT2D eigenvalue weighted by Crippen LogP contribution is 2.25. The van der Waals surface area contributed by atoms with Crippen molar-refractivity contribution >= 4 is 0 Å². The normalized spacial score (nSPS) is 12.8. The molecule has 2 aromatic carbocycles. The third-order valence-corrected chi connectivity index (χ3v) is 4.85. The second kappa shape index (κ2) is 9.81. The number of halogens is 1. The summed E-state index contributed by atoms with van der Waals surface area (Å²) in [6.45, 7) is 1.98. The topological polar surface area (TPSA) is 66.1 Å². The number of benzene rings is 2. The molecule has 1 aromatic heterocycles. The molecule has 0 amide bonds. The van der Waals surface area contributed by atoms with Crippen molar-refractivity contribution in [2.75, 3.05) is 0 Å². The first-order valence-electron chi connectivity index (χ1n) is 9.64. The van der Waals surface area contributed by atoms with Gasteiger partial charge in [0.05, 0.1) is 11.7 Å². The van der Waals surface area contributed by atoms with Crippen LogP contribution in [0.25, 0.3) is 11.1 Å². The van der Waals surface area contributed by atoms with Gasteiger partial charge in [-0.1, -0.05) is 31.2 Å². The number of rotatable bonds is 8. The molecule has 0 aliphatic carbocycles. The number of aryl methyl sites for hydroxylation is 1. The molecule has 1 heterocycles. The third-order valence-electron chi connectivity index (χ3n) is 4.85. The fourth-order valence-corrected chi connectivity index (χ4v) is 3.17. The van der Waals surface area contributed by atoms with E-state index in [1.54, 1.807) is 18.5 Å². The predicted octanol–water partition coefficient (Wildman–Crippen LogP) is 4.91. The molecule has 1 N–H and O–H groups in total. The highest BCUT2D eigenvalue weighted by atomic mass is 19.1. The van der Waals surface area contributed by atoms with E-state index >= 15 is 0 Å². The number of nitriles is 1. The van der Waals surface area contributed by atoms with Gasteiger partial charge in [0.2, 0.25) is 0 Å². The smallest absolute Gasteiger partial charge is 0.140 e. The average molecular weight is 390 g/mol. The fraction of sp³-hybridized carbons (Fsp3) is 0.250. The number of hydrogen-bond acceptors (Lipinski definition) is 4. The van der Waals surface area contributed by atoms with E-state index in [1.165, 1.54) is 12.1 Å². The van der Waals surface area contributed by atoms with Gasteiger partial charge in [0.15, 0.2) is 0 Å². The predicted molar refractivity (Wildman–Crippen MR) is 110 cm³/mol. The molecular weight excluding hydrogens is 367 g/mol. The molecule has 5 heteroatoms. The van der Waals surface area contributed by atoms with Gasteiger partial charge in [-0.15, -0.1) is 0 Å². The lowest BCUT2D eigenvalue weighted by Crippen LogP contribution is -2.31. The highest BCUT2D eigenvalue weighted by Gasteiger charge is 2.19. The molecule has 2 atom stereocenters. The summed E-state index contributed by atoms with van der Waals surface area (Å²) in [6.07, 6.45) is 4.65. The summed E-state index contributed by atoms with van der Waals surface area (Å²) >= 11 is 0. The van der Waals surface area contributed by atoms with E-state index in [-0.39, 0.29) is 11.7 Å². The van der Waals surface area contributed by atoms with Crippen LogP contribution in [-0.2, 0) is 6.42 Å². The van der Waals surface area contributed by atoms with Crippen LogP contribution in [0.1, 0.15) is 30.9 Å². The quantitative estimate of drug-likeness (QED) is 0.593. The van der Waals surface area contributed by atoms with E-state index in [9.17, 15) is 9.50 Å². The highest BCUT2D eigenvalue weighted by molar-refractivity contribution is 5.66. The summed E-state index contributed by atoms with van der Waals surface area (Å²) in [5.41, 5.74) is 2.73. The Labute approximate surface area is 170 Å². The lowest BCUT2D eigenvalue weighted by molar-refractivity contribution is 0.0291. The average Bonchev–Trinajstić information content (AvgIpc) is 2.77. The van der Waals surface area contributed by atoms with E-state index in [0.29, 0.717) is 18.6 Å². The van der Waals surface area contributed by atoms with E-state index in [1.807, 2.05) is 49.4 Å². The summed E-state index contributed by atoms with van der Waals surface area (Å²) in [5.74, 6) is 0.130. The van der Waals surface area contributed by atoms with Crippen molar-refractivity contribution in [3.05, 3.63) is 83.9 Å². The van der Waals surface area contributed by atoms with Gasteiger partial charge < -0.3 is 9.84 Å². The maximum absolute atomic E-state index is 13.5. The number of ether oxygens (including phenoxy) is 1. The molecule has 2 unspecified atom stereocenters. The SMILES string of the molecule is CCC(Oc1ccc(-c2ccc(F)c(C#N)c2)cc1)C(O)CCc1cccnc1. The summed E-state index contributed by atoms with van der Waals surface area (Å²) in [6, 6.07) is 17.6. The zero-order valence-corrected chi connectivity index (χ0v) is 16.3. The van der Waals surface area contributed by atoms with E-state index < -0.39 is 11.9 Å². The van der Waals surface area contributed by atoms with Crippen molar-refractivity contribution in [2.24, 2.45) is 0 Å². The van der Waals surface area contributed by atoms with Crippen molar-refractivity contribution < 1.29 is 14.2 Å². The Morgan fingerprint density at radius 2 is 1.90 bits per heavy atom. The first kappa shape index (κ1) is 20.5. The zero-order valence-electron chi connectivity index (χ0n) is 16.3. The van der Waals surface area contributed by atoms with E-state index in [4.69, 9.17) is 10.00 Å². The van der Waals surface area contributed by atoms with Gasteiger partial charge in [-0.25, -0.2) is 4.39 Å². The second-order valence-electron chi connectivity index (χ2n) is 6.86. The molecule has 29 heavy (non-hydrogen) atoms. The van der Waals surface area contributed by atoms with Crippen molar-refractivity contribution in [2.45, 2.75) is 38.4 Å². The Morgan fingerprint density at radius 3 is 2.55 bits per heavy atom. The number of aliphatic hydroxyl groups is 1. The third kappa shape index (κ3) is 5.40. The van der Waals surface area contributed by atoms with Crippen LogP contribution in [-0.4, -0.2) is 22.3 Å². The van der Waals surface area contributed by atoms with Crippen molar-refractivity contribution in [3.8, 4) is 22.9 Å². The number of nitrogens with zero attached hydrogens (tertiary/aromatic N) is 2. The summed E-state index contributed by atoms with van der Waals surface area (Å²) in [4.78, 5) is 4.09. The number of pyridine rings is 1. The summed E-state index contributed by atoms with van der Waals surface area (Å²) < 4.78 is 19.5.